The lowest BCUT2D eigenvalue weighted by atomic mass is 10.1. The van der Waals surface area contributed by atoms with Crippen LogP contribution in [0.25, 0.3) is 0 Å². The largest absolute Gasteiger partial charge is 0.457 e. The van der Waals surface area contributed by atoms with Crippen molar-refractivity contribution in [2.75, 3.05) is 0 Å². The summed E-state index contributed by atoms with van der Waals surface area (Å²) in [5, 5.41) is 0. The summed E-state index contributed by atoms with van der Waals surface area (Å²) in [5.41, 5.74) is 0. The van der Waals surface area contributed by atoms with E-state index >= 15 is 0 Å². The number of ketones is 1. The average molecular weight is 214 g/mol. The molecule has 0 aliphatic carbocycles. The molecule has 0 saturated heterocycles. The summed E-state index contributed by atoms with van der Waals surface area (Å²) in [6.07, 6.45) is 5.47. The van der Waals surface area contributed by atoms with Gasteiger partial charge in [0, 0.05) is 6.42 Å². The Morgan fingerprint density at radius 3 is 2.20 bits per heavy atom. The van der Waals surface area contributed by atoms with E-state index in [1.807, 2.05) is 0 Å². The number of Topliss-reactive ketones (excluding diaryl/α,β-unsaturated/α-hetero) is 1. The highest BCUT2D eigenvalue weighted by molar-refractivity contribution is 6.33. The van der Waals surface area contributed by atoms with Crippen LogP contribution in [0.4, 0.5) is 0 Å². The van der Waals surface area contributed by atoms with E-state index in [0.29, 0.717) is 6.42 Å². The molecule has 0 aromatic carbocycles. The van der Waals surface area contributed by atoms with Gasteiger partial charge in [-0.3, -0.25) is 4.79 Å². The Morgan fingerprint density at radius 2 is 1.67 bits per heavy atom. The molecule has 3 heteroatoms. The van der Waals surface area contributed by atoms with Gasteiger partial charge in [-0.25, -0.2) is 4.79 Å². The number of unbranched alkanes of at least 4 members (excludes halogenated alkanes) is 4. The van der Waals surface area contributed by atoms with Gasteiger partial charge in [-0.15, -0.1) is 0 Å². The minimum atomic E-state index is -0.680. The first-order valence-electron chi connectivity index (χ1n) is 5.81. The third kappa shape index (κ3) is 8.16. The van der Waals surface area contributed by atoms with Crippen molar-refractivity contribution in [1.82, 2.24) is 0 Å². The van der Waals surface area contributed by atoms with Gasteiger partial charge in [-0.2, -0.15) is 0 Å². The molecule has 88 valence electrons. The van der Waals surface area contributed by atoms with Crippen LogP contribution in [-0.2, 0) is 14.3 Å². The molecular weight excluding hydrogens is 192 g/mol. The summed E-state index contributed by atoms with van der Waals surface area (Å²) in [6, 6.07) is 0. The quantitative estimate of drug-likeness (QED) is 0.354. The minimum Gasteiger partial charge on any atom is -0.457 e. The Morgan fingerprint density at radius 1 is 1.07 bits per heavy atom. The first-order chi connectivity index (χ1) is 7.07. The third-order valence-corrected chi connectivity index (χ3v) is 2.08. The summed E-state index contributed by atoms with van der Waals surface area (Å²) >= 11 is 0. The maximum absolute atomic E-state index is 11.2. The molecule has 0 N–H and O–H groups in total. The van der Waals surface area contributed by atoms with Crippen molar-refractivity contribution in [2.24, 2.45) is 0 Å². The number of rotatable bonds is 8. The molecule has 0 fully saturated rings. The summed E-state index contributed by atoms with van der Waals surface area (Å²) in [7, 11) is 0. The normalized spacial score (nSPS) is 10.4. The second-order valence-electron chi connectivity index (χ2n) is 4.04. The van der Waals surface area contributed by atoms with Crippen LogP contribution in [0.3, 0.4) is 0 Å². The second kappa shape index (κ2) is 8.45. The molecule has 0 unspecified atom stereocenters. The second-order valence-corrected chi connectivity index (χ2v) is 4.04. The van der Waals surface area contributed by atoms with Gasteiger partial charge in [-0.1, -0.05) is 32.6 Å². The van der Waals surface area contributed by atoms with Gasteiger partial charge in [0.25, 0.3) is 0 Å². The van der Waals surface area contributed by atoms with Crippen molar-refractivity contribution in [3.8, 4) is 0 Å². The van der Waals surface area contributed by atoms with E-state index in [2.05, 4.69) is 6.92 Å². The van der Waals surface area contributed by atoms with Crippen LogP contribution in [0, 0.1) is 0 Å². The summed E-state index contributed by atoms with van der Waals surface area (Å²) < 4.78 is 4.80. The number of carbonyl (C=O) groups excluding carboxylic acids is 2. The van der Waals surface area contributed by atoms with Gasteiger partial charge in [0.15, 0.2) is 0 Å². The fourth-order valence-corrected chi connectivity index (χ4v) is 1.27. The Bertz CT molecular complexity index is 197. The Labute approximate surface area is 92.2 Å². The predicted octanol–water partition coefficient (Wildman–Crippen LogP) is 2.87. The molecule has 0 spiro atoms. The van der Waals surface area contributed by atoms with Crippen molar-refractivity contribution in [1.29, 1.82) is 0 Å². The number of hydrogen-bond acceptors (Lipinski definition) is 3. The maximum atomic E-state index is 11.2. The Hall–Kier alpha value is -0.860. The maximum Gasteiger partial charge on any atom is 0.374 e. The molecule has 0 radical (unpaired) electrons. The van der Waals surface area contributed by atoms with E-state index in [9.17, 15) is 9.59 Å². The molecule has 0 aliphatic heterocycles. The van der Waals surface area contributed by atoms with E-state index in [1.54, 1.807) is 13.8 Å². The lowest BCUT2D eigenvalue weighted by molar-refractivity contribution is -0.156. The average Bonchev–Trinajstić information content (AvgIpc) is 2.16. The Balaban J connectivity index is 3.52. The van der Waals surface area contributed by atoms with Crippen molar-refractivity contribution in [3.63, 3.8) is 0 Å². The van der Waals surface area contributed by atoms with Gasteiger partial charge in [-0.05, 0) is 20.3 Å². The van der Waals surface area contributed by atoms with Gasteiger partial charge < -0.3 is 4.74 Å². The van der Waals surface area contributed by atoms with Gasteiger partial charge in [0.1, 0.15) is 0 Å². The molecule has 0 aliphatic rings. The van der Waals surface area contributed by atoms with Crippen LogP contribution < -0.4 is 0 Å². The molecule has 0 heterocycles. The number of esters is 1. The summed E-state index contributed by atoms with van der Waals surface area (Å²) in [4.78, 5) is 22.3. The summed E-state index contributed by atoms with van der Waals surface area (Å²) in [6.45, 7) is 5.63. The molecule has 3 nitrogen and oxygen atoms in total. The highest BCUT2D eigenvalue weighted by atomic mass is 16.5. The fourth-order valence-electron chi connectivity index (χ4n) is 1.27. The standard InChI is InChI=1S/C12H22O3/c1-4-5-6-7-8-9-11(13)12(14)15-10(2)3/h10H,4-9H2,1-3H3. The van der Waals surface area contributed by atoms with Gasteiger partial charge in [0.2, 0.25) is 5.78 Å². The SMILES string of the molecule is CCCCCCCC(=O)C(=O)OC(C)C. The van der Waals surface area contributed by atoms with Gasteiger partial charge >= 0.3 is 5.97 Å². The lowest BCUT2D eigenvalue weighted by Crippen LogP contribution is -2.20. The smallest absolute Gasteiger partial charge is 0.374 e. The summed E-state index contributed by atoms with van der Waals surface area (Å²) in [5.74, 6) is -1.07. The molecule has 0 atom stereocenters. The first-order valence-corrected chi connectivity index (χ1v) is 5.81. The van der Waals surface area contributed by atoms with E-state index in [-0.39, 0.29) is 11.9 Å². The molecular formula is C12H22O3. The van der Waals surface area contributed by atoms with E-state index in [1.165, 1.54) is 12.8 Å². The number of carbonyl (C=O) groups is 2. The lowest BCUT2D eigenvalue weighted by Gasteiger charge is -2.06. The zero-order valence-corrected chi connectivity index (χ0v) is 10.0. The monoisotopic (exact) mass is 214 g/mol. The predicted molar refractivity (Wildman–Crippen MR) is 59.6 cm³/mol. The van der Waals surface area contributed by atoms with Crippen molar-refractivity contribution < 1.29 is 14.3 Å². The van der Waals surface area contributed by atoms with Crippen LogP contribution in [0.1, 0.15) is 59.3 Å². The third-order valence-electron chi connectivity index (χ3n) is 2.08. The van der Waals surface area contributed by atoms with Crippen molar-refractivity contribution >= 4 is 11.8 Å². The molecule has 0 aromatic heterocycles. The van der Waals surface area contributed by atoms with Crippen LogP contribution in [0.2, 0.25) is 0 Å². The van der Waals surface area contributed by atoms with Crippen LogP contribution in [-0.4, -0.2) is 17.9 Å². The van der Waals surface area contributed by atoms with Crippen LogP contribution in [0.15, 0.2) is 0 Å². The first kappa shape index (κ1) is 14.1. The zero-order chi connectivity index (χ0) is 11.7. The molecule has 0 saturated carbocycles. The van der Waals surface area contributed by atoms with Gasteiger partial charge in [0.05, 0.1) is 6.10 Å². The van der Waals surface area contributed by atoms with Crippen LogP contribution in [0.5, 0.6) is 0 Å². The highest BCUT2D eigenvalue weighted by Gasteiger charge is 2.15. The van der Waals surface area contributed by atoms with Crippen LogP contribution >= 0.6 is 0 Å². The highest BCUT2D eigenvalue weighted by Crippen LogP contribution is 2.06. The molecule has 15 heavy (non-hydrogen) atoms. The zero-order valence-electron chi connectivity index (χ0n) is 10.0. The number of ether oxygens (including phenoxy) is 1. The van der Waals surface area contributed by atoms with E-state index in [4.69, 9.17) is 4.74 Å². The fraction of sp³-hybridized carbons (Fsp3) is 0.833. The van der Waals surface area contributed by atoms with Crippen molar-refractivity contribution in [3.05, 3.63) is 0 Å². The Kier molecular flexibility index (Phi) is 7.96. The minimum absolute atomic E-state index is 0.207. The molecule has 0 rings (SSSR count). The van der Waals surface area contributed by atoms with Crippen molar-refractivity contribution in [2.45, 2.75) is 65.4 Å². The number of hydrogen-bond donors (Lipinski definition) is 0. The molecule has 0 bridgehead atoms. The van der Waals surface area contributed by atoms with E-state index < -0.39 is 5.97 Å². The van der Waals surface area contributed by atoms with E-state index in [0.717, 1.165) is 19.3 Å². The molecule has 0 aromatic rings. The topological polar surface area (TPSA) is 43.4 Å². The molecule has 0 amide bonds.